The molecule has 0 bridgehead atoms. The Kier molecular flexibility index (Phi) is 4.47. The maximum absolute atomic E-state index is 10.5. The van der Waals surface area contributed by atoms with Gasteiger partial charge in [0.15, 0.2) is 0 Å². The lowest BCUT2D eigenvalue weighted by Gasteiger charge is -2.44. The molecule has 2 aromatic heterocycles. The molecule has 1 aliphatic heterocycles. The van der Waals surface area contributed by atoms with Gasteiger partial charge in [-0.05, 0) is 37.6 Å². The first kappa shape index (κ1) is 15.5. The molecule has 0 radical (unpaired) electrons. The summed E-state index contributed by atoms with van der Waals surface area (Å²) in [6.45, 7) is 4.46. The summed E-state index contributed by atoms with van der Waals surface area (Å²) >= 11 is 0. The van der Waals surface area contributed by atoms with Gasteiger partial charge in [0.05, 0.1) is 23.9 Å². The number of aliphatic hydroxyl groups excluding tert-OH is 2. The number of fused-ring (bicyclic) bond motifs is 1. The molecule has 3 heterocycles. The van der Waals surface area contributed by atoms with Gasteiger partial charge in [0.25, 0.3) is 0 Å². The molecule has 5 heteroatoms. The summed E-state index contributed by atoms with van der Waals surface area (Å²) in [7, 11) is 0. The third kappa shape index (κ3) is 2.76. The van der Waals surface area contributed by atoms with Gasteiger partial charge < -0.3 is 10.2 Å². The summed E-state index contributed by atoms with van der Waals surface area (Å²) in [5.74, 6) is 0. The first-order chi connectivity index (χ1) is 10.7. The van der Waals surface area contributed by atoms with E-state index in [-0.39, 0.29) is 12.0 Å². The van der Waals surface area contributed by atoms with Crippen LogP contribution >= 0.6 is 0 Å². The molecule has 2 atom stereocenters. The third-order valence-electron chi connectivity index (χ3n) is 5.01. The zero-order chi connectivity index (χ0) is 15.6. The van der Waals surface area contributed by atoms with Crippen molar-refractivity contribution in [3.8, 4) is 0 Å². The molecular weight excluding hydrogens is 278 g/mol. The molecule has 120 valence electrons. The van der Waals surface area contributed by atoms with Crippen molar-refractivity contribution in [1.82, 2.24) is 14.5 Å². The first-order valence-corrected chi connectivity index (χ1v) is 8.11. The number of aromatic nitrogens is 2. The van der Waals surface area contributed by atoms with Crippen LogP contribution in [0.2, 0.25) is 0 Å². The van der Waals surface area contributed by atoms with Gasteiger partial charge in [0.1, 0.15) is 0 Å². The second-order valence-electron chi connectivity index (χ2n) is 6.46. The fourth-order valence-electron chi connectivity index (χ4n) is 3.63. The number of nitrogens with zero attached hydrogens (tertiary/aromatic N) is 3. The number of hydrogen-bond acceptors (Lipinski definition) is 4. The lowest BCUT2D eigenvalue weighted by atomic mass is 9.73. The zero-order valence-electron chi connectivity index (χ0n) is 13.1. The van der Waals surface area contributed by atoms with Crippen molar-refractivity contribution in [3.63, 3.8) is 0 Å². The molecule has 0 aliphatic carbocycles. The molecular formula is C17H25N3O2. The largest absolute Gasteiger partial charge is 0.396 e. The minimum atomic E-state index is -0.469. The van der Waals surface area contributed by atoms with E-state index in [2.05, 4.69) is 23.0 Å². The van der Waals surface area contributed by atoms with Gasteiger partial charge in [-0.25, -0.2) is 4.52 Å². The normalized spacial score (nSPS) is 26.6. The Morgan fingerprint density at radius 2 is 2.23 bits per heavy atom. The summed E-state index contributed by atoms with van der Waals surface area (Å²) in [6, 6.07) is 8.15. The monoisotopic (exact) mass is 303 g/mol. The average Bonchev–Trinajstić information content (AvgIpc) is 3.00. The van der Waals surface area contributed by atoms with Crippen LogP contribution in [0.4, 0.5) is 0 Å². The number of pyridine rings is 1. The summed E-state index contributed by atoms with van der Waals surface area (Å²) in [5, 5.41) is 24.7. The summed E-state index contributed by atoms with van der Waals surface area (Å²) in [5.41, 5.74) is 1.90. The number of aliphatic hydroxyl groups is 2. The number of likely N-dealkylation sites (tertiary alicyclic amines) is 1. The number of hydrogen-bond donors (Lipinski definition) is 2. The zero-order valence-corrected chi connectivity index (χ0v) is 13.1. The number of rotatable bonds is 5. The predicted molar refractivity (Wildman–Crippen MR) is 85.5 cm³/mol. The van der Waals surface area contributed by atoms with E-state index in [0.717, 1.165) is 43.6 Å². The maximum atomic E-state index is 10.5. The van der Waals surface area contributed by atoms with Crippen molar-refractivity contribution in [2.24, 2.45) is 5.41 Å². The van der Waals surface area contributed by atoms with Crippen LogP contribution in [0.1, 0.15) is 31.9 Å². The quantitative estimate of drug-likeness (QED) is 0.882. The molecule has 3 rings (SSSR count). The van der Waals surface area contributed by atoms with Crippen LogP contribution in [0.25, 0.3) is 5.52 Å². The molecule has 0 saturated carbocycles. The summed E-state index contributed by atoms with van der Waals surface area (Å²) in [4.78, 5) is 2.25. The fraction of sp³-hybridized carbons (Fsp3) is 0.588. The van der Waals surface area contributed by atoms with Crippen LogP contribution < -0.4 is 0 Å². The van der Waals surface area contributed by atoms with Crippen LogP contribution in [0.5, 0.6) is 0 Å². The molecule has 2 aromatic rings. The highest BCUT2D eigenvalue weighted by Crippen LogP contribution is 2.36. The van der Waals surface area contributed by atoms with Crippen molar-refractivity contribution in [1.29, 1.82) is 0 Å². The van der Waals surface area contributed by atoms with E-state index in [9.17, 15) is 10.2 Å². The molecule has 22 heavy (non-hydrogen) atoms. The fourth-order valence-corrected chi connectivity index (χ4v) is 3.63. The molecule has 2 N–H and O–H groups in total. The van der Waals surface area contributed by atoms with Gasteiger partial charge >= 0.3 is 0 Å². The van der Waals surface area contributed by atoms with Gasteiger partial charge in [-0.15, -0.1) is 0 Å². The lowest BCUT2D eigenvalue weighted by molar-refractivity contribution is -0.0805. The van der Waals surface area contributed by atoms with Gasteiger partial charge in [-0.1, -0.05) is 19.4 Å². The lowest BCUT2D eigenvalue weighted by Crippen LogP contribution is -2.52. The Bertz CT molecular complexity index is 627. The molecule has 0 amide bonds. The summed E-state index contributed by atoms with van der Waals surface area (Å²) < 4.78 is 1.95. The van der Waals surface area contributed by atoms with E-state index in [4.69, 9.17) is 0 Å². The number of β-amino-alcohol motifs (C(OH)–C–C–N with tert-alkyl or cyclic N) is 1. The Morgan fingerprint density at radius 1 is 1.36 bits per heavy atom. The minimum absolute atomic E-state index is 0.0740. The molecule has 1 aliphatic rings. The maximum Gasteiger partial charge on any atom is 0.0745 e. The standard InChI is InChI=1S/C17H25N3O2/c1-2-7-17(13-21)8-10-19(12-16(17)22)11-15-5-3-4-14-6-9-18-20(14)15/h3-6,9,16,21-22H,2,7-8,10-13H2,1H3/t16-,17+/m0/s1. The van der Waals surface area contributed by atoms with E-state index in [0.29, 0.717) is 6.54 Å². The first-order valence-electron chi connectivity index (χ1n) is 8.11. The van der Waals surface area contributed by atoms with Crippen LogP contribution in [0, 0.1) is 5.41 Å². The molecule has 1 fully saturated rings. The van der Waals surface area contributed by atoms with Crippen molar-refractivity contribution in [2.75, 3.05) is 19.7 Å². The van der Waals surface area contributed by atoms with Crippen LogP contribution in [0.15, 0.2) is 30.5 Å². The predicted octanol–water partition coefficient (Wildman–Crippen LogP) is 1.68. The van der Waals surface area contributed by atoms with Crippen LogP contribution in [-0.2, 0) is 6.54 Å². The van der Waals surface area contributed by atoms with E-state index in [1.165, 1.54) is 0 Å². The molecule has 1 saturated heterocycles. The third-order valence-corrected chi connectivity index (χ3v) is 5.01. The SMILES string of the molecule is CCC[C@]1(CO)CCN(Cc2cccc3ccnn23)C[C@@H]1O. The van der Waals surface area contributed by atoms with Gasteiger partial charge in [0, 0.05) is 24.7 Å². The van der Waals surface area contributed by atoms with E-state index in [1.54, 1.807) is 0 Å². The van der Waals surface area contributed by atoms with Crippen molar-refractivity contribution >= 4 is 5.52 Å². The second-order valence-corrected chi connectivity index (χ2v) is 6.46. The highest BCUT2D eigenvalue weighted by Gasteiger charge is 2.41. The molecule has 0 spiro atoms. The van der Waals surface area contributed by atoms with Crippen LogP contribution in [0.3, 0.4) is 0 Å². The van der Waals surface area contributed by atoms with E-state index < -0.39 is 6.10 Å². The minimum Gasteiger partial charge on any atom is -0.396 e. The number of piperidine rings is 1. The van der Waals surface area contributed by atoms with Crippen molar-refractivity contribution in [2.45, 2.75) is 38.8 Å². The molecule has 0 aromatic carbocycles. The van der Waals surface area contributed by atoms with E-state index >= 15 is 0 Å². The Hall–Kier alpha value is -1.43. The topological polar surface area (TPSA) is 61.0 Å². The van der Waals surface area contributed by atoms with Gasteiger partial charge in [0.2, 0.25) is 0 Å². The van der Waals surface area contributed by atoms with Crippen molar-refractivity contribution in [3.05, 3.63) is 36.2 Å². The van der Waals surface area contributed by atoms with Gasteiger partial charge in [-0.2, -0.15) is 5.10 Å². The summed E-state index contributed by atoms with van der Waals surface area (Å²) in [6.07, 6.45) is 4.05. The molecule has 0 unspecified atom stereocenters. The average molecular weight is 303 g/mol. The Labute approximate surface area is 131 Å². The van der Waals surface area contributed by atoms with Crippen LogP contribution in [-0.4, -0.2) is 50.5 Å². The highest BCUT2D eigenvalue weighted by molar-refractivity contribution is 5.46. The van der Waals surface area contributed by atoms with Crippen molar-refractivity contribution < 1.29 is 10.2 Å². The van der Waals surface area contributed by atoms with E-state index in [1.807, 2.05) is 28.9 Å². The Morgan fingerprint density at radius 3 is 2.95 bits per heavy atom. The smallest absolute Gasteiger partial charge is 0.0745 e. The Balaban J connectivity index is 1.72. The molecule has 5 nitrogen and oxygen atoms in total. The highest BCUT2D eigenvalue weighted by atomic mass is 16.3. The van der Waals surface area contributed by atoms with Gasteiger partial charge in [-0.3, -0.25) is 4.90 Å². The second kappa shape index (κ2) is 6.36.